The minimum absolute atomic E-state index is 0.598. The summed E-state index contributed by atoms with van der Waals surface area (Å²) < 4.78 is 11.4. The van der Waals surface area contributed by atoms with Crippen LogP contribution >= 0.6 is 11.6 Å². The molecule has 0 amide bonds. The molecule has 4 aromatic rings. The summed E-state index contributed by atoms with van der Waals surface area (Å²) in [5.41, 5.74) is 2.93. The highest BCUT2D eigenvalue weighted by Crippen LogP contribution is 2.24. The van der Waals surface area contributed by atoms with Crippen LogP contribution in [-0.4, -0.2) is 4.98 Å². The van der Waals surface area contributed by atoms with E-state index in [1.165, 1.54) is 0 Å². The molecule has 3 aromatic carbocycles. The third-order valence-electron chi connectivity index (χ3n) is 3.93. The summed E-state index contributed by atoms with van der Waals surface area (Å²) in [6, 6.07) is 25.2. The second-order valence-corrected chi connectivity index (χ2v) is 6.32. The molecule has 0 aliphatic carbocycles. The average Bonchev–Trinajstić information content (AvgIpc) is 3.13. The second-order valence-electron chi connectivity index (χ2n) is 5.89. The number of hydrogen-bond acceptors (Lipinski definition) is 3. The van der Waals surface area contributed by atoms with Crippen molar-refractivity contribution >= 4 is 11.6 Å². The Morgan fingerprint density at radius 2 is 1.50 bits per heavy atom. The molecule has 0 N–H and O–H groups in total. The maximum absolute atomic E-state index is 5.91. The van der Waals surface area contributed by atoms with Crippen molar-refractivity contribution in [3.05, 3.63) is 101 Å². The molecule has 1 aromatic heterocycles. The van der Waals surface area contributed by atoms with Crippen molar-refractivity contribution in [3.63, 3.8) is 0 Å². The minimum Gasteiger partial charge on any atom is -0.457 e. The molecule has 4 rings (SSSR count). The van der Waals surface area contributed by atoms with E-state index in [0.717, 1.165) is 28.3 Å². The molecule has 0 unspecified atom stereocenters. The van der Waals surface area contributed by atoms with Gasteiger partial charge in [-0.3, -0.25) is 0 Å². The Morgan fingerprint density at radius 1 is 0.808 bits per heavy atom. The van der Waals surface area contributed by atoms with Gasteiger partial charge in [0.15, 0.2) is 0 Å². The number of benzene rings is 3. The van der Waals surface area contributed by atoms with Crippen molar-refractivity contribution in [3.8, 4) is 23.0 Å². The van der Waals surface area contributed by atoms with E-state index in [9.17, 15) is 0 Å². The van der Waals surface area contributed by atoms with Crippen molar-refractivity contribution < 1.29 is 9.15 Å². The van der Waals surface area contributed by atoms with Gasteiger partial charge in [0.25, 0.3) is 0 Å². The Hall–Kier alpha value is -3.04. The lowest BCUT2D eigenvalue weighted by Crippen LogP contribution is -1.89. The van der Waals surface area contributed by atoms with E-state index in [2.05, 4.69) is 4.98 Å². The third-order valence-corrected chi connectivity index (χ3v) is 4.18. The van der Waals surface area contributed by atoms with Crippen molar-refractivity contribution in [1.29, 1.82) is 0 Å². The summed E-state index contributed by atoms with van der Waals surface area (Å²) in [5, 5.41) is 0.693. The zero-order chi connectivity index (χ0) is 17.8. The van der Waals surface area contributed by atoms with E-state index in [4.69, 9.17) is 20.8 Å². The molecule has 1 heterocycles. The summed E-state index contributed by atoms with van der Waals surface area (Å²) in [5.74, 6) is 2.23. The Morgan fingerprint density at radius 3 is 2.23 bits per heavy atom. The van der Waals surface area contributed by atoms with Crippen LogP contribution in [-0.2, 0) is 6.42 Å². The number of nitrogens with zero attached hydrogens (tertiary/aromatic N) is 1. The minimum atomic E-state index is 0.598. The molecule has 3 nitrogen and oxygen atoms in total. The molecule has 0 fully saturated rings. The highest BCUT2D eigenvalue weighted by molar-refractivity contribution is 6.30. The SMILES string of the molecule is Clc1ccc(-c2nc(Cc3ccc(Oc4ccccc4)cc3)co2)cc1. The summed E-state index contributed by atoms with van der Waals surface area (Å²) >= 11 is 5.91. The van der Waals surface area contributed by atoms with Gasteiger partial charge in [-0.2, -0.15) is 0 Å². The second kappa shape index (κ2) is 7.46. The normalized spacial score (nSPS) is 10.7. The average molecular weight is 362 g/mol. The molecule has 0 spiro atoms. The van der Waals surface area contributed by atoms with Gasteiger partial charge in [0, 0.05) is 17.0 Å². The van der Waals surface area contributed by atoms with Crippen LogP contribution in [0.3, 0.4) is 0 Å². The fourth-order valence-corrected chi connectivity index (χ4v) is 2.75. The van der Waals surface area contributed by atoms with Gasteiger partial charge in [-0.05, 0) is 54.1 Å². The Labute approximate surface area is 156 Å². The first-order valence-electron chi connectivity index (χ1n) is 8.28. The van der Waals surface area contributed by atoms with Gasteiger partial charge in [0.05, 0.1) is 5.69 Å². The lowest BCUT2D eigenvalue weighted by atomic mass is 10.1. The molecule has 0 aliphatic rings. The first-order valence-corrected chi connectivity index (χ1v) is 8.66. The van der Waals surface area contributed by atoms with Crippen LogP contribution in [0.25, 0.3) is 11.5 Å². The number of rotatable bonds is 5. The highest BCUT2D eigenvalue weighted by atomic mass is 35.5. The van der Waals surface area contributed by atoms with E-state index in [-0.39, 0.29) is 0 Å². The van der Waals surface area contributed by atoms with Crippen LogP contribution in [0.4, 0.5) is 0 Å². The molecule has 0 radical (unpaired) electrons. The number of hydrogen-bond donors (Lipinski definition) is 0. The van der Waals surface area contributed by atoms with Gasteiger partial charge >= 0.3 is 0 Å². The van der Waals surface area contributed by atoms with Crippen LogP contribution in [0.1, 0.15) is 11.3 Å². The first kappa shape index (κ1) is 16.4. The standard InChI is InChI=1S/C22H16ClNO2/c23-18-10-8-17(9-11-18)22-24-19(15-25-22)14-16-6-12-21(13-7-16)26-20-4-2-1-3-5-20/h1-13,15H,14H2. The largest absolute Gasteiger partial charge is 0.457 e. The van der Waals surface area contributed by atoms with E-state index in [1.807, 2.05) is 78.9 Å². The zero-order valence-corrected chi connectivity index (χ0v) is 14.7. The maximum atomic E-state index is 5.91. The Balaban J connectivity index is 1.44. The van der Waals surface area contributed by atoms with Crippen LogP contribution in [0.2, 0.25) is 5.02 Å². The monoisotopic (exact) mass is 361 g/mol. The maximum Gasteiger partial charge on any atom is 0.226 e. The molecule has 0 saturated carbocycles. The van der Waals surface area contributed by atoms with Gasteiger partial charge in [0.1, 0.15) is 17.8 Å². The quantitative estimate of drug-likeness (QED) is 0.413. The van der Waals surface area contributed by atoms with Gasteiger partial charge < -0.3 is 9.15 Å². The number of ether oxygens (including phenoxy) is 1. The van der Waals surface area contributed by atoms with Crippen molar-refractivity contribution in [2.45, 2.75) is 6.42 Å². The van der Waals surface area contributed by atoms with E-state index in [1.54, 1.807) is 6.26 Å². The zero-order valence-electron chi connectivity index (χ0n) is 13.9. The number of para-hydroxylation sites is 1. The predicted octanol–water partition coefficient (Wildman–Crippen LogP) is 6.38. The lowest BCUT2D eigenvalue weighted by Gasteiger charge is -2.06. The predicted molar refractivity (Wildman–Crippen MR) is 103 cm³/mol. The Kier molecular flexibility index (Phi) is 4.71. The molecule has 128 valence electrons. The van der Waals surface area contributed by atoms with Crippen molar-refractivity contribution in [2.24, 2.45) is 0 Å². The van der Waals surface area contributed by atoms with Gasteiger partial charge in [-0.25, -0.2) is 4.98 Å². The van der Waals surface area contributed by atoms with Gasteiger partial charge in [-0.1, -0.05) is 41.9 Å². The van der Waals surface area contributed by atoms with Crippen LogP contribution in [0.15, 0.2) is 89.5 Å². The molecule has 0 aliphatic heterocycles. The fourth-order valence-electron chi connectivity index (χ4n) is 2.62. The Bertz CT molecular complexity index is 977. The fraction of sp³-hybridized carbons (Fsp3) is 0.0455. The summed E-state index contributed by atoms with van der Waals surface area (Å²) in [4.78, 5) is 4.55. The molecule has 4 heteroatoms. The van der Waals surface area contributed by atoms with Gasteiger partial charge in [0.2, 0.25) is 5.89 Å². The molecule has 0 saturated heterocycles. The molecule has 0 bridgehead atoms. The van der Waals surface area contributed by atoms with Crippen molar-refractivity contribution in [1.82, 2.24) is 4.98 Å². The number of oxazole rings is 1. The molecular formula is C22H16ClNO2. The van der Waals surface area contributed by atoms with Crippen LogP contribution < -0.4 is 4.74 Å². The first-order chi connectivity index (χ1) is 12.8. The van der Waals surface area contributed by atoms with Crippen molar-refractivity contribution in [2.75, 3.05) is 0 Å². The highest BCUT2D eigenvalue weighted by Gasteiger charge is 2.08. The van der Waals surface area contributed by atoms with E-state index in [0.29, 0.717) is 17.3 Å². The smallest absolute Gasteiger partial charge is 0.226 e. The van der Waals surface area contributed by atoms with Gasteiger partial charge in [-0.15, -0.1) is 0 Å². The number of aromatic nitrogens is 1. The topological polar surface area (TPSA) is 35.3 Å². The molecular weight excluding hydrogens is 346 g/mol. The molecule has 0 atom stereocenters. The summed E-state index contributed by atoms with van der Waals surface area (Å²) in [6.07, 6.45) is 2.39. The summed E-state index contributed by atoms with van der Waals surface area (Å²) in [7, 11) is 0. The lowest BCUT2D eigenvalue weighted by molar-refractivity contribution is 0.482. The van der Waals surface area contributed by atoms with E-state index >= 15 is 0 Å². The third kappa shape index (κ3) is 3.95. The summed E-state index contributed by atoms with van der Waals surface area (Å²) in [6.45, 7) is 0. The van der Waals surface area contributed by atoms with E-state index < -0.39 is 0 Å². The number of halogens is 1. The molecule has 26 heavy (non-hydrogen) atoms. The van der Waals surface area contributed by atoms with Crippen LogP contribution in [0, 0.1) is 0 Å². The van der Waals surface area contributed by atoms with Crippen LogP contribution in [0.5, 0.6) is 11.5 Å².